The predicted octanol–water partition coefficient (Wildman–Crippen LogP) is 7.20. The number of aliphatic hydroxyl groups excluding tert-OH is 1. The molecule has 10 nitrogen and oxygen atoms in total. The smallest absolute Gasteiger partial charge is 0.406 e. The second-order valence-corrected chi connectivity index (χ2v) is 13.0. The lowest BCUT2D eigenvalue weighted by Crippen LogP contribution is -2.52. The van der Waals surface area contributed by atoms with Gasteiger partial charge in [-0.25, -0.2) is 4.79 Å². The molecule has 0 spiro atoms. The van der Waals surface area contributed by atoms with Crippen molar-refractivity contribution in [3.05, 3.63) is 78.7 Å². The number of urea groups is 1. The first kappa shape index (κ1) is 38.1. The number of aromatic hydroxyl groups is 1. The van der Waals surface area contributed by atoms with E-state index in [1.165, 1.54) is 36.1 Å². The minimum Gasteiger partial charge on any atom is -0.506 e. The van der Waals surface area contributed by atoms with Crippen molar-refractivity contribution in [3.63, 3.8) is 0 Å². The molecule has 0 radical (unpaired) electrons. The molecule has 3 amide bonds. The van der Waals surface area contributed by atoms with Crippen LogP contribution in [0.5, 0.6) is 5.75 Å². The van der Waals surface area contributed by atoms with Crippen LogP contribution in [0.4, 0.5) is 32.4 Å². The van der Waals surface area contributed by atoms with Crippen LogP contribution in [0.2, 0.25) is 10.0 Å². The van der Waals surface area contributed by atoms with Gasteiger partial charge in [-0.2, -0.15) is 27.2 Å². The first-order chi connectivity index (χ1) is 22.9. The number of aromatic nitrogens is 1. The van der Waals surface area contributed by atoms with Crippen LogP contribution in [-0.4, -0.2) is 62.7 Å². The van der Waals surface area contributed by atoms with Crippen LogP contribution < -0.4 is 10.5 Å². The largest absolute Gasteiger partial charge is 0.506 e. The summed E-state index contributed by atoms with van der Waals surface area (Å²) in [4.78, 5) is 44.4. The molecule has 1 saturated heterocycles. The van der Waals surface area contributed by atoms with Gasteiger partial charge in [-0.1, -0.05) is 41.0 Å². The van der Waals surface area contributed by atoms with E-state index in [0.29, 0.717) is 27.8 Å². The third kappa shape index (κ3) is 8.53. The highest BCUT2D eigenvalue weighted by Crippen LogP contribution is 2.43. The number of nitriles is 1. The minimum atomic E-state index is -4.62. The Morgan fingerprint density at radius 1 is 1.08 bits per heavy atom. The Kier molecular flexibility index (Phi) is 11.7. The maximum Gasteiger partial charge on any atom is 0.406 e. The number of benzene rings is 2. The van der Waals surface area contributed by atoms with Crippen molar-refractivity contribution >= 4 is 64.2 Å². The normalized spacial score (nSPS) is 14.7. The molecule has 3 heterocycles. The Labute approximate surface area is 294 Å². The maximum atomic E-state index is 14.1. The van der Waals surface area contributed by atoms with E-state index in [4.69, 9.17) is 40.1 Å². The van der Waals surface area contributed by atoms with Crippen molar-refractivity contribution in [2.45, 2.75) is 54.4 Å². The zero-order chi connectivity index (χ0) is 36.4. The molecule has 3 N–H and O–H groups in total. The quantitative estimate of drug-likeness (QED) is 0.171. The van der Waals surface area contributed by atoms with Crippen LogP contribution in [0.15, 0.2) is 44.9 Å². The standard InChI is InChI=1S/C28H22Cl3F5N4O5S.C2H3N/c29-16-3-2-13(11-41)22(30)23(16)46-19-8-20(28(31,35)36)37-24(43)21(19)25(44)39-9-14-6-17(18(42)7-15(14)10-39)40-5-1-4-38(26(40)45)12-27(32,33)34;1-2-3/h2-3,6-8,41-42H,1,4-5,9-12H2,(H,37,43);1H3. The average molecular weight is 769 g/mol. The number of amides is 3. The van der Waals surface area contributed by atoms with Gasteiger partial charge in [-0.3, -0.25) is 14.5 Å². The molecule has 0 bridgehead atoms. The number of carbonyl (C=O) groups is 2. The zero-order valence-corrected chi connectivity index (χ0v) is 28.3. The molecule has 0 saturated carbocycles. The Morgan fingerprint density at radius 2 is 1.71 bits per heavy atom. The van der Waals surface area contributed by atoms with Crippen molar-refractivity contribution in [1.29, 1.82) is 5.26 Å². The van der Waals surface area contributed by atoms with E-state index in [9.17, 15) is 46.5 Å². The molecule has 262 valence electrons. The number of aliphatic hydroxyl groups is 1. The second kappa shape index (κ2) is 15.0. The Hall–Kier alpha value is -3.75. The lowest BCUT2D eigenvalue weighted by Gasteiger charge is -2.36. The number of H-pyrrole nitrogens is 1. The van der Waals surface area contributed by atoms with Crippen LogP contribution in [-0.2, 0) is 25.1 Å². The molecule has 1 fully saturated rings. The van der Waals surface area contributed by atoms with Crippen molar-refractivity contribution in [1.82, 2.24) is 14.8 Å². The number of hydrogen-bond donors (Lipinski definition) is 3. The summed E-state index contributed by atoms with van der Waals surface area (Å²) in [6, 6.07) is 7.09. The molecule has 2 aliphatic heterocycles. The van der Waals surface area contributed by atoms with Gasteiger partial charge in [0, 0.05) is 42.9 Å². The number of pyridine rings is 1. The van der Waals surface area contributed by atoms with E-state index >= 15 is 0 Å². The van der Waals surface area contributed by atoms with E-state index < -0.39 is 59.2 Å². The Balaban J connectivity index is 0.00000174. The summed E-state index contributed by atoms with van der Waals surface area (Å²) in [6.45, 7) is -0.894. The SMILES string of the molecule is CC#N.O=C(c1c(Sc2c(Cl)ccc(CO)c2Cl)cc(C(F)(F)Cl)[nH]c1=O)N1Cc2cc(O)c(N3CCCN(CC(F)(F)F)C3=O)cc2C1. The lowest BCUT2D eigenvalue weighted by atomic mass is 10.1. The molecule has 19 heteroatoms. The first-order valence-electron chi connectivity index (χ1n) is 14.1. The molecule has 5 rings (SSSR count). The number of anilines is 1. The number of nitrogens with zero attached hydrogens (tertiary/aromatic N) is 4. The summed E-state index contributed by atoms with van der Waals surface area (Å²) in [5.74, 6) is -1.31. The molecule has 2 aliphatic rings. The van der Waals surface area contributed by atoms with Gasteiger partial charge in [0.15, 0.2) is 0 Å². The zero-order valence-electron chi connectivity index (χ0n) is 25.2. The summed E-state index contributed by atoms with van der Waals surface area (Å²) in [6.07, 6.45) is -4.41. The third-order valence-corrected chi connectivity index (χ3v) is 9.65. The lowest BCUT2D eigenvalue weighted by molar-refractivity contribution is -0.140. The summed E-state index contributed by atoms with van der Waals surface area (Å²) in [5.41, 5.74) is -1.72. The number of fused-ring (bicyclic) bond motifs is 1. The fraction of sp³-hybridized carbons (Fsp3) is 0.333. The fourth-order valence-electron chi connectivity index (χ4n) is 5.18. The highest BCUT2D eigenvalue weighted by atomic mass is 35.5. The van der Waals surface area contributed by atoms with Gasteiger partial charge in [0.05, 0.1) is 28.4 Å². The van der Waals surface area contributed by atoms with Crippen LogP contribution in [0.25, 0.3) is 0 Å². The van der Waals surface area contributed by atoms with Gasteiger partial charge in [0.25, 0.3) is 11.5 Å². The van der Waals surface area contributed by atoms with E-state index in [1.807, 2.05) is 4.98 Å². The molecule has 1 aromatic heterocycles. The van der Waals surface area contributed by atoms with Crippen LogP contribution in [0.3, 0.4) is 0 Å². The molecular formula is C30H25Cl3F5N5O5S. The van der Waals surface area contributed by atoms with Crippen molar-refractivity contribution in [3.8, 4) is 11.8 Å². The summed E-state index contributed by atoms with van der Waals surface area (Å²) >= 11 is 18.5. The van der Waals surface area contributed by atoms with Gasteiger partial charge >= 0.3 is 17.6 Å². The number of rotatable bonds is 7. The number of nitrogens with one attached hydrogen (secondary N) is 1. The monoisotopic (exact) mass is 767 g/mol. The van der Waals surface area contributed by atoms with Crippen molar-refractivity contribution in [2.24, 2.45) is 0 Å². The Morgan fingerprint density at radius 3 is 2.31 bits per heavy atom. The summed E-state index contributed by atoms with van der Waals surface area (Å²) < 4.78 is 67.2. The molecule has 0 aliphatic carbocycles. The average Bonchev–Trinajstić information content (AvgIpc) is 3.42. The third-order valence-electron chi connectivity index (χ3n) is 7.31. The maximum absolute atomic E-state index is 14.1. The van der Waals surface area contributed by atoms with E-state index in [0.717, 1.165) is 11.0 Å². The number of alkyl halides is 6. The second-order valence-electron chi connectivity index (χ2n) is 10.7. The molecule has 2 aromatic carbocycles. The fourth-order valence-corrected chi connectivity index (χ4v) is 7.01. The highest BCUT2D eigenvalue weighted by Gasteiger charge is 2.39. The van der Waals surface area contributed by atoms with Crippen molar-refractivity contribution < 1.29 is 41.8 Å². The number of phenols is 1. The van der Waals surface area contributed by atoms with Gasteiger partial charge < -0.3 is 25.0 Å². The van der Waals surface area contributed by atoms with E-state index in [-0.39, 0.29) is 63.7 Å². The number of carbonyl (C=O) groups excluding carboxylic acids is 2. The van der Waals surface area contributed by atoms with Gasteiger partial charge in [0.2, 0.25) is 0 Å². The number of phenolic OH excluding ortho intramolecular Hbond substituents is 1. The van der Waals surface area contributed by atoms with Gasteiger partial charge in [-0.05, 0) is 59.0 Å². The minimum absolute atomic E-state index is 0.0319. The molecule has 49 heavy (non-hydrogen) atoms. The summed E-state index contributed by atoms with van der Waals surface area (Å²) in [7, 11) is 0. The van der Waals surface area contributed by atoms with Crippen molar-refractivity contribution in [2.75, 3.05) is 24.5 Å². The molecule has 0 atom stereocenters. The number of halogens is 8. The topological polar surface area (TPSA) is 141 Å². The van der Waals surface area contributed by atoms with Crippen LogP contribution in [0.1, 0.15) is 46.1 Å². The Bertz CT molecular complexity index is 1880. The van der Waals surface area contributed by atoms with E-state index in [1.54, 1.807) is 6.07 Å². The number of hydrogen-bond acceptors (Lipinski definition) is 7. The number of aromatic amines is 1. The van der Waals surface area contributed by atoms with Gasteiger partial charge in [0.1, 0.15) is 23.6 Å². The first-order valence-corrected chi connectivity index (χ1v) is 16.0. The predicted molar refractivity (Wildman–Crippen MR) is 171 cm³/mol. The highest BCUT2D eigenvalue weighted by molar-refractivity contribution is 7.99. The molecule has 0 unspecified atom stereocenters. The van der Waals surface area contributed by atoms with E-state index in [2.05, 4.69) is 0 Å². The van der Waals surface area contributed by atoms with Crippen LogP contribution >= 0.6 is 46.6 Å². The summed E-state index contributed by atoms with van der Waals surface area (Å²) in [5, 5.41) is 23.7. The van der Waals surface area contributed by atoms with Gasteiger partial charge in [-0.15, -0.1) is 0 Å². The van der Waals surface area contributed by atoms with Crippen LogP contribution in [0, 0.1) is 11.3 Å². The molecule has 3 aromatic rings. The molecular weight excluding hydrogens is 744 g/mol.